The Balaban J connectivity index is 1.17. The van der Waals surface area contributed by atoms with Crippen LogP contribution in [0, 0.1) is 0 Å². The van der Waals surface area contributed by atoms with E-state index in [0.29, 0.717) is 0 Å². The van der Waals surface area contributed by atoms with Crippen molar-refractivity contribution < 1.29 is 4.42 Å². The van der Waals surface area contributed by atoms with Crippen molar-refractivity contribution in [3.05, 3.63) is 182 Å². The third kappa shape index (κ3) is 4.47. The van der Waals surface area contributed by atoms with Gasteiger partial charge in [-0.25, -0.2) is 0 Å². The fraction of sp³-hybridized carbons (Fsp3) is 0. The lowest BCUT2D eigenvalue weighted by Crippen LogP contribution is -1.91. The van der Waals surface area contributed by atoms with Gasteiger partial charge in [-0.05, 0) is 90.0 Å². The predicted octanol–water partition coefficient (Wildman–Crippen LogP) is 13.7. The van der Waals surface area contributed by atoms with E-state index in [0.717, 1.165) is 27.5 Å². The Morgan fingerprint density at radius 3 is 1.47 bits per heavy atom. The van der Waals surface area contributed by atoms with Gasteiger partial charge in [-0.1, -0.05) is 158 Å². The van der Waals surface area contributed by atoms with E-state index in [1.54, 1.807) is 0 Å². The zero-order valence-electron chi connectivity index (χ0n) is 26.7. The Kier molecular flexibility index (Phi) is 6.25. The van der Waals surface area contributed by atoms with Gasteiger partial charge in [-0.2, -0.15) is 0 Å². The summed E-state index contributed by atoms with van der Waals surface area (Å²) in [5.74, 6) is 0. The average molecular weight is 623 g/mol. The highest BCUT2D eigenvalue weighted by Gasteiger charge is 2.20. The van der Waals surface area contributed by atoms with Crippen LogP contribution in [0.3, 0.4) is 0 Å². The van der Waals surface area contributed by atoms with Crippen LogP contribution in [0.2, 0.25) is 0 Å². The number of rotatable bonds is 4. The van der Waals surface area contributed by atoms with Gasteiger partial charge in [0.15, 0.2) is 0 Å². The molecule has 0 atom stereocenters. The van der Waals surface area contributed by atoms with Crippen LogP contribution in [0.25, 0.3) is 98.8 Å². The van der Waals surface area contributed by atoms with Crippen LogP contribution < -0.4 is 0 Å². The summed E-state index contributed by atoms with van der Waals surface area (Å²) in [6.07, 6.45) is 0. The first-order valence-electron chi connectivity index (χ1n) is 16.8. The molecule has 0 spiro atoms. The van der Waals surface area contributed by atoms with Crippen molar-refractivity contribution in [3.63, 3.8) is 0 Å². The second-order valence-corrected chi connectivity index (χ2v) is 12.8. The van der Waals surface area contributed by atoms with Gasteiger partial charge in [0.05, 0.1) is 0 Å². The highest BCUT2D eigenvalue weighted by atomic mass is 16.3. The highest BCUT2D eigenvalue weighted by molar-refractivity contribution is 6.24. The lowest BCUT2D eigenvalue weighted by atomic mass is 9.85. The second kappa shape index (κ2) is 11.1. The summed E-state index contributed by atoms with van der Waals surface area (Å²) in [5.41, 5.74) is 11.5. The summed E-state index contributed by atoms with van der Waals surface area (Å²) >= 11 is 0. The average Bonchev–Trinajstić information content (AvgIpc) is 3.56. The molecular formula is C48H30O. The molecule has 1 nitrogen and oxygen atoms in total. The lowest BCUT2D eigenvalue weighted by Gasteiger charge is -2.18. The number of para-hydroxylation sites is 2. The van der Waals surface area contributed by atoms with Crippen molar-refractivity contribution in [2.75, 3.05) is 0 Å². The monoisotopic (exact) mass is 622 g/mol. The molecule has 9 aromatic carbocycles. The first-order chi connectivity index (χ1) is 24.3. The molecule has 0 aliphatic rings. The Morgan fingerprint density at radius 1 is 0.286 bits per heavy atom. The van der Waals surface area contributed by atoms with E-state index in [1.165, 1.54) is 71.3 Å². The van der Waals surface area contributed by atoms with Crippen LogP contribution in [-0.2, 0) is 0 Å². The normalized spacial score (nSPS) is 11.7. The summed E-state index contributed by atoms with van der Waals surface area (Å²) in [5, 5.41) is 9.69. The molecule has 0 amide bonds. The number of fused-ring (bicyclic) bond motifs is 6. The van der Waals surface area contributed by atoms with Crippen LogP contribution in [0.5, 0.6) is 0 Å². The molecule has 0 aliphatic carbocycles. The molecule has 0 radical (unpaired) electrons. The van der Waals surface area contributed by atoms with E-state index < -0.39 is 0 Å². The van der Waals surface area contributed by atoms with Crippen LogP contribution >= 0.6 is 0 Å². The maximum Gasteiger partial charge on any atom is 0.143 e. The number of benzene rings is 9. The van der Waals surface area contributed by atoms with Crippen molar-refractivity contribution in [1.82, 2.24) is 0 Å². The summed E-state index contributed by atoms with van der Waals surface area (Å²) in [7, 11) is 0. The molecular weight excluding hydrogens is 593 g/mol. The number of hydrogen-bond donors (Lipinski definition) is 0. The van der Waals surface area contributed by atoms with E-state index in [9.17, 15) is 0 Å². The van der Waals surface area contributed by atoms with Crippen LogP contribution in [0.4, 0.5) is 0 Å². The molecule has 0 N–H and O–H groups in total. The van der Waals surface area contributed by atoms with Gasteiger partial charge in [-0.15, -0.1) is 0 Å². The standard InChI is InChI=1S/C48H30O/c1-2-13-32-28-36(27-26-31(32)12-1)34-15-9-14-33(29-34)35-16-10-17-37(30-35)46-39-19-3-5-21-41(39)47(42-22-6-4-20-40(42)46)44-24-11-23-43-38-18-7-8-25-45(38)49-48(43)44/h1-30H. The second-order valence-electron chi connectivity index (χ2n) is 12.8. The van der Waals surface area contributed by atoms with E-state index in [4.69, 9.17) is 4.42 Å². The first kappa shape index (κ1) is 27.7. The molecule has 1 aromatic heterocycles. The van der Waals surface area contributed by atoms with Gasteiger partial charge in [0.1, 0.15) is 11.2 Å². The minimum atomic E-state index is 0.914. The first-order valence-corrected chi connectivity index (χ1v) is 16.8. The number of hydrogen-bond acceptors (Lipinski definition) is 1. The Hall–Kier alpha value is -6.44. The van der Waals surface area contributed by atoms with E-state index in [-0.39, 0.29) is 0 Å². The maximum absolute atomic E-state index is 6.58. The molecule has 0 saturated heterocycles. The quantitative estimate of drug-likeness (QED) is 0.178. The van der Waals surface area contributed by atoms with Gasteiger partial charge in [-0.3, -0.25) is 0 Å². The van der Waals surface area contributed by atoms with E-state index in [2.05, 4.69) is 176 Å². The fourth-order valence-corrected chi connectivity index (χ4v) is 7.78. The molecule has 1 heterocycles. The van der Waals surface area contributed by atoms with Crippen molar-refractivity contribution in [3.8, 4) is 44.5 Å². The predicted molar refractivity (Wildman–Crippen MR) is 208 cm³/mol. The number of furan rings is 1. The lowest BCUT2D eigenvalue weighted by molar-refractivity contribution is 0.670. The molecule has 0 unspecified atom stereocenters. The van der Waals surface area contributed by atoms with Crippen molar-refractivity contribution in [2.45, 2.75) is 0 Å². The van der Waals surface area contributed by atoms with Crippen LogP contribution in [0.1, 0.15) is 0 Å². The topological polar surface area (TPSA) is 13.1 Å². The highest BCUT2D eigenvalue weighted by Crippen LogP contribution is 2.46. The van der Waals surface area contributed by atoms with Gasteiger partial charge >= 0.3 is 0 Å². The summed E-state index contributed by atoms with van der Waals surface area (Å²) in [6.45, 7) is 0. The molecule has 0 fully saturated rings. The Bertz CT molecular complexity index is 2830. The largest absolute Gasteiger partial charge is 0.455 e. The van der Waals surface area contributed by atoms with Crippen molar-refractivity contribution in [1.29, 1.82) is 0 Å². The molecule has 49 heavy (non-hydrogen) atoms. The Labute approximate surface area is 284 Å². The van der Waals surface area contributed by atoms with Crippen LogP contribution in [0.15, 0.2) is 186 Å². The maximum atomic E-state index is 6.58. The molecule has 0 aliphatic heterocycles. The van der Waals surface area contributed by atoms with Gasteiger partial charge in [0.25, 0.3) is 0 Å². The van der Waals surface area contributed by atoms with Crippen LogP contribution in [-0.4, -0.2) is 0 Å². The summed E-state index contributed by atoms with van der Waals surface area (Å²) in [6, 6.07) is 65.8. The zero-order valence-corrected chi connectivity index (χ0v) is 26.7. The summed E-state index contributed by atoms with van der Waals surface area (Å²) in [4.78, 5) is 0. The zero-order chi connectivity index (χ0) is 32.3. The molecule has 10 rings (SSSR count). The molecule has 0 bridgehead atoms. The SMILES string of the molecule is c1cc(-c2cccc(-c3c4ccccc4c(-c4cccc5c4oc4ccccc45)c4ccccc34)c2)cc(-c2ccc3ccccc3c2)c1. The minimum absolute atomic E-state index is 0.914. The van der Waals surface area contributed by atoms with Gasteiger partial charge in [0.2, 0.25) is 0 Å². The molecule has 10 aromatic rings. The molecule has 1 heteroatoms. The smallest absolute Gasteiger partial charge is 0.143 e. The third-order valence-electron chi connectivity index (χ3n) is 10.0. The van der Waals surface area contributed by atoms with Gasteiger partial charge in [0, 0.05) is 21.9 Å². The molecule has 228 valence electrons. The van der Waals surface area contributed by atoms with Crippen molar-refractivity contribution >= 4 is 54.3 Å². The summed E-state index contributed by atoms with van der Waals surface area (Å²) < 4.78 is 6.58. The van der Waals surface area contributed by atoms with Gasteiger partial charge < -0.3 is 4.42 Å². The fourth-order valence-electron chi connectivity index (χ4n) is 7.78. The minimum Gasteiger partial charge on any atom is -0.455 e. The Morgan fingerprint density at radius 2 is 0.776 bits per heavy atom. The van der Waals surface area contributed by atoms with E-state index in [1.807, 2.05) is 6.07 Å². The third-order valence-corrected chi connectivity index (χ3v) is 10.0. The molecule has 0 saturated carbocycles. The van der Waals surface area contributed by atoms with E-state index >= 15 is 0 Å². The van der Waals surface area contributed by atoms with Crippen molar-refractivity contribution in [2.24, 2.45) is 0 Å².